The summed E-state index contributed by atoms with van der Waals surface area (Å²) in [6, 6.07) is 14.1. The van der Waals surface area contributed by atoms with Gasteiger partial charge in [0.2, 0.25) is 0 Å². The van der Waals surface area contributed by atoms with E-state index >= 15 is 0 Å². The second-order valence-electron chi connectivity index (χ2n) is 6.02. The number of carbonyl (C=O) groups excluding carboxylic acids is 2. The molecule has 0 aliphatic carbocycles. The number of nitrogens with zero attached hydrogens (tertiary/aromatic N) is 1. The van der Waals surface area contributed by atoms with Crippen molar-refractivity contribution in [1.82, 2.24) is 10.2 Å². The summed E-state index contributed by atoms with van der Waals surface area (Å²) in [5.41, 5.74) is 6.54. The number of nitrogens with one attached hydrogen (secondary N) is 1. The molecule has 1 heterocycles. The van der Waals surface area contributed by atoms with Gasteiger partial charge in [-0.1, -0.05) is 29.8 Å². The molecule has 1 fully saturated rings. The molecule has 0 spiro atoms. The molecule has 2 aromatic rings. The van der Waals surface area contributed by atoms with E-state index in [2.05, 4.69) is 5.32 Å². The first-order valence-corrected chi connectivity index (χ1v) is 8.71. The van der Waals surface area contributed by atoms with Crippen molar-refractivity contribution >= 4 is 23.4 Å². The summed E-state index contributed by atoms with van der Waals surface area (Å²) in [5, 5.41) is 3.96. The van der Waals surface area contributed by atoms with Gasteiger partial charge < -0.3 is 20.7 Å². The third-order valence-electron chi connectivity index (χ3n) is 4.25. The van der Waals surface area contributed by atoms with E-state index < -0.39 is 5.91 Å². The number of primary amides is 1. The maximum Gasteiger partial charge on any atom is 0.255 e. The van der Waals surface area contributed by atoms with Crippen LogP contribution in [-0.4, -0.2) is 43.0 Å². The molecule has 1 saturated heterocycles. The first-order valence-electron chi connectivity index (χ1n) is 8.33. The topological polar surface area (TPSA) is 84.7 Å². The second kappa shape index (κ2) is 8.21. The number of ether oxygens (including phenoxy) is 1. The van der Waals surface area contributed by atoms with Gasteiger partial charge in [0.1, 0.15) is 5.75 Å². The average molecular weight is 374 g/mol. The molecule has 2 amide bonds. The molecule has 26 heavy (non-hydrogen) atoms. The third-order valence-corrected chi connectivity index (χ3v) is 4.60. The molecule has 6 nitrogen and oxygen atoms in total. The molecule has 1 aliphatic heterocycles. The summed E-state index contributed by atoms with van der Waals surface area (Å²) in [6.45, 7) is 1.77. The Labute approximate surface area is 156 Å². The van der Waals surface area contributed by atoms with Crippen LogP contribution in [0.5, 0.6) is 5.75 Å². The Bertz CT molecular complexity index is 795. The van der Waals surface area contributed by atoms with E-state index in [-0.39, 0.29) is 18.6 Å². The molecule has 3 rings (SSSR count). The lowest BCUT2D eigenvalue weighted by Gasteiger charge is -2.37. The lowest BCUT2D eigenvalue weighted by molar-refractivity contribution is -0.119. The predicted octanol–water partition coefficient (Wildman–Crippen LogP) is 1.99. The molecular formula is C19H20ClN3O3. The maximum absolute atomic E-state index is 13.0. The molecule has 7 heteroatoms. The first kappa shape index (κ1) is 18.2. The van der Waals surface area contributed by atoms with Crippen molar-refractivity contribution in [3.63, 3.8) is 0 Å². The van der Waals surface area contributed by atoms with Crippen molar-refractivity contribution in [2.24, 2.45) is 5.73 Å². The van der Waals surface area contributed by atoms with Gasteiger partial charge in [-0.2, -0.15) is 0 Å². The second-order valence-corrected chi connectivity index (χ2v) is 6.43. The van der Waals surface area contributed by atoms with Crippen LogP contribution in [0.25, 0.3) is 0 Å². The van der Waals surface area contributed by atoms with Crippen LogP contribution in [0.1, 0.15) is 22.0 Å². The van der Waals surface area contributed by atoms with Crippen LogP contribution in [0.15, 0.2) is 48.5 Å². The molecule has 3 N–H and O–H groups in total. The highest BCUT2D eigenvalue weighted by atomic mass is 35.5. The lowest BCUT2D eigenvalue weighted by Crippen LogP contribution is -2.48. The molecule has 1 unspecified atom stereocenters. The van der Waals surface area contributed by atoms with E-state index in [0.717, 1.165) is 12.1 Å². The van der Waals surface area contributed by atoms with Crippen molar-refractivity contribution in [3.05, 3.63) is 64.7 Å². The number of piperazine rings is 1. The molecule has 0 radical (unpaired) electrons. The van der Waals surface area contributed by atoms with E-state index in [1.165, 1.54) is 0 Å². The zero-order valence-corrected chi connectivity index (χ0v) is 14.9. The smallest absolute Gasteiger partial charge is 0.255 e. The number of amides is 2. The standard InChI is InChI=1S/C19H20ClN3O3/c20-16-4-2-1-3-15(16)17-11-22-9-10-23(17)19(25)13-5-7-14(8-6-13)26-12-18(21)24/h1-8,17,22H,9-12H2,(H2,21,24). The van der Waals surface area contributed by atoms with Gasteiger partial charge >= 0.3 is 0 Å². The van der Waals surface area contributed by atoms with Gasteiger partial charge in [-0.25, -0.2) is 0 Å². The van der Waals surface area contributed by atoms with Crippen molar-refractivity contribution in [3.8, 4) is 5.75 Å². The highest BCUT2D eigenvalue weighted by molar-refractivity contribution is 6.31. The summed E-state index contributed by atoms with van der Waals surface area (Å²) in [5.74, 6) is -0.130. The predicted molar refractivity (Wildman–Crippen MR) is 99.2 cm³/mol. The fourth-order valence-electron chi connectivity index (χ4n) is 2.98. The number of hydrogen-bond acceptors (Lipinski definition) is 4. The summed E-state index contributed by atoms with van der Waals surface area (Å²) < 4.78 is 5.23. The minimum Gasteiger partial charge on any atom is -0.484 e. The summed E-state index contributed by atoms with van der Waals surface area (Å²) in [6.07, 6.45) is 0. The summed E-state index contributed by atoms with van der Waals surface area (Å²) in [4.78, 5) is 25.6. The molecule has 136 valence electrons. The highest BCUT2D eigenvalue weighted by Gasteiger charge is 2.29. The number of rotatable bonds is 5. The number of hydrogen-bond donors (Lipinski definition) is 2. The van der Waals surface area contributed by atoms with Gasteiger partial charge in [0.15, 0.2) is 6.61 Å². The van der Waals surface area contributed by atoms with Crippen LogP contribution in [0.4, 0.5) is 0 Å². The van der Waals surface area contributed by atoms with Gasteiger partial charge in [0.25, 0.3) is 11.8 Å². The zero-order valence-electron chi connectivity index (χ0n) is 14.2. The Morgan fingerprint density at radius 1 is 1.19 bits per heavy atom. The Hall–Kier alpha value is -2.57. The summed E-state index contributed by atoms with van der Waals surface area (Å²) in [7, 11) is 0. The fourth-order valence-corrected chi connectivity index (χ4v) is 3.25. The maximum atomic E-state index is 13.0. The van der Waals surface area contributed by atoms with E-state index in [1.54, 1.807) is 24.3 Å². The van der Waals surface area contributed by atoms with Crippen LogP contribution < -0.4 is 15.8 Å². The number of halogens is 1. The Balaban J connectivity index is 1.78. The molecule has 2 aromatic carbocycles. The monoisotopic (exact) mass is 373 g/mol. The van der Waals surface area contributed by atoms with Crippen LogP contribution >= 0.6 is 11.6 Å². The van der Waals surface area contributed by atoms with Gasteiger partial charge in [-0.05, 0) is 35.9 Å². The molecule has 0 bridgehead atoms. The quantitative estimate of drug-likeness (QED) is 0.839. The minimum atomic E-state index is -0.548. The third kappa shape index (κ3) is 4.15. The van der Waals surface area contributed by atoms with Gasteiger partial charge in [0.05, 0.1) is 6.04 Å². The van der Waals surface area contributed by atoms with Crippen LogP contribution in [0.2, 0.25) is 5.02 Å². The van der Waals surface area contributed by atoms with Crippen molar-refractivity contribution < 1.29 is 14.3 Å². The summed E-state index contributed by atoms with van der Waals surface area (Å²) >= 11 is 6.33. The van der Waals surface area contributed by atoms with Crippen LogP contribution in [-0.2, 0) is 4.79 Å². The first-order chi connectivity index (χ1) is 12.6. The Kier molecular flexibility index (Phi) is 5.75. The number of benzene rings is 2. The van der Waals surface area contributed by atoms with Gasteiger partial charge in [0, 0.05) is 30.2 Å². The average Bonchev–Trinajstić information content (AvgIpc) is 2.67. The Morgan fingerprint density at radius 2 is 1.92 bits per heavy atom. The molecular weight excluding hydrogens is 354 g/mol. The SMILES string of the molecule is NC(=O)COc1ccc(C(=O)N2CCNCC2c2ccccc2Cl)cc1. The van der Waals surface area contributed by atoms with Crippen LogP contribution in [0.3, 0.4) is 0 Å². The highest BCUT2D eigenvalue weighted by Crippen LogP contribution is 2.29. The molecule has 1 atom stereocenters. The van der Waals surface area contributed by atoms with Crippen molar-refractivity contribution in [2.45, 2.75) is 6.04 Å². The molecule has 0 aromatic heterocycles. The number of carbonyl (C=O) groups is 2. The molecule has 0 saturated carbocycles. The Morgan fingerprint density at radius 3 is 2.62 bits per heavy atom. The lowest BCUT2D eigenvalue weighted by atomic mass is 10.0. The van der Waals surface area contributed by atoms with E-state index in [1.807, 2.05) is 29.2 Å². The number of nitrogens with two attached hydrogens (primary N) is 1. The normalized spacial score (nSPS) is 17.0. The van der Waals surface area contributed by atoms with Crippen LogP contribution in [0, 0.1) is 0 Å². The minimum absolute atomic E-state index is 0.0714. The van der Waals surface area contributed by atoms with Crippen molar-refractivity contribution in [2.75, 3.05) is 26.2 Å². The van der Waals surface area contributed by atoms with E-state index in [0.29, 0.717) is 29.4 Å². The molecule has 1 aliphatic rings. The zero-order chi connectivity index (χ0) is 18.5. The van der Waals surface area contributed by atoms with Gasteiger partial charge in [-0.15, -0.1) is 0 Å². The fraction of sp³-hybridized carbons (Fsp3) is 0.263. The van der Waals surface area contributed by atoms with E-state index in [9.17, 15) is 9.59 Å². The van der Waals surface area contributed by atoms with E-state index in [4.69, 9.17) is 22.1 Å². The van der Waals surface area contributed by atoms with Crippen molar-refractivity contribution in [1.29, 1.82) is 0 Å². The van der Waals surface area contributed by atoms with Gasteiger partial charge in [-0.3, -0.25) is 9.59 Å². The largest absolute Gasteiger partial charge is 0.484 e.